The molecule has 1 radical (unpaired) electrons. The van der Waals surface area contributed by atoms with Gasteiger partial charge in [-0.15, -0.1) is 0 Å². The lowest BCUT2D eigenvalue weighted by Gasteiger charge is -2.40. The van der Waals surface area contributed by atoms with E-state index >= 15 is 0 Å². The predicted molar refractivity (Wildman–Crippen MR) is 46.6 cm³/mol. The fourth-order valence-corrected chi connectivity index (χ4v) is 1.21. The zero-order valence-electron chi connectivity index (χ0n) is 7.70. The van der Waals surface area contributed by atoms with E-state index in [2.05, 4.69) is 34.6 Å². The van der Waals surface area contributed by atoms with E-state index in [0.29, 0.717) is 0 Å². The topological polar surface area (TPSA) is 26.0 Å². The highest BCUT2D eigenvalue weighted by Crippen LogP contribution is 2.32. The quantitative estimate of drug-likeness (QED) is 0.643. The third kappa shape index (κ3) is 1.72. The molecule has 0 aromatic heterocycles. The Kier molecular flexibility index (Phi) is 2.90. The summed E-state index contributed by atoms with van der Waals surface area (Å²) in [6.07, 6.45) is 2.00. The van der Waals surface area contributed by atoms with E-state index in [1.807, 2.05) is 0 Å². The summed E-state index contributed by atoms with van der Waals surface area (Å²) in [4.78, 5) is 0. The van der Waals surface area contributed by atoms with Crippen LogP contribution in [0.4, 0.5) is 0 Å². The van der Waals surface area contributed by atoms with E-state index in [9.17, 15) is 0 Å². The van der Waals surface area contributed by atoms with E-state index in [0.717, 1.165) is 12.8 Å². The predicted octanol–water partition coefficient (Wildman–Crippen LogP) is 2.36. The van der Waals surface area contributed by atoms with Gasteiger partial charge in [-0.2, -0.15) is 0 Å². The van der Waals surface area contributed by atoms with E-state index in [-0.39, 0.29) is 11.0 Å². The molecule has 2 N–H and O–H groups in total. The SMILES string of the molecule is [CH2]C(C)(C)C(N)(CC)CC. The Morgan fingerprint density at radius 1 is 1.20 bits per heavy atom. The van der Waals surface area contributed by atoms with Crippen LogP contribution in [0.1, 0.15) is 40.5 Å². The molecule has 0 aliphatic heterocycles. The molecule has 10 heavy (non-hydrogen) atoms. The standard InChI is InChI=1S/C9H20N/c1-6-9(10,7-2)8(3,4)5/h3,6-7,10H2,1-2,4-5H3. The summed E-state index contributed by atoms with van der Waals surface area (Å²) in [7, 11) is 0. The molecule has 0 saturated carbocycles. The number of rotatable bonds is 3. The van der Waals surface area contributed by atoms with Crippen molar-refractivity contribution in [1.82, 2.24) is 0 Å². The average molecular weight is 142 g/mol. The van der Waals surface area contributed by atoms with Gasteiger partial charge in [0.2, 0.25) is 0 Å². The number of hydrogen-bond acceptors (Lipinski definition) is 1. The molecule has 1 nitrogen and oxygen atoms in total. The molecule has 0 aromatic rings. The Hall–Kier alpha value is -0.0400. The summed E-state index contributed by atoms with van der Waals surface area (Å²) in [6.45, 7) is 12.5. The van der Waals surface area contributed by atoms with Crippen LogP contribution >= 0.6 is 0 Å². The molecule has 0 aliphatic carbocycles. The summed E-state index contributed by atoms with van der Waals surface area (Å²) in [5.74, 6) is 0. The van der Waals surface area contributed by atoms with Crippen LogP contribution in [0.3, 0.4) is 0 Å². The molecule has 0 aromatic carbocycles. The minimum absolute atomic E-state index is 0.0174. The molecular weight excluding hydrogens is 122 g/mol. The molecule has 1 heteroatoms. The highest BCUT2D eigenvalue weighted by molar-refractivity contribution is 4.97. The molecule has 0 atom stereocenters. The summed E-state index contributed by atoms with van der Waals surface area (Å²) in [5.41, 5.74) is 6.00. The van der Waals surface area contributed by atoms with Gasteiger partial charge in [0.05, 0.1) is 0 Å². The van der Waals surface area contributed by atoms with Crippen molar-refractivity contribution in [2.45, 2.75) is 46.1 Å². The molecule has 0 heterocycles. The molecule has 0 spiro atoms. The van der Waals surface area contributed by atoms with Crippen molar-refractivity contribution in [3.05, 3.63) is 6.92 Å². The lowest BCUT2D eigenvalue weighted by molar-refractivity contribution is 0.205. The first-order valence-electron chi connectivity index (χ1n) is 4.01. The van der Waals surface area contributed by atoms with E-state index < -0.39 is 0 Å². The van der Waals surface area contributed by atoms with Gasteiger partial charge in [0, 0.05) is 5.54 Å². The van der Waals surface area contributed by atoms with Crippen LogP contribution in [0, 0.1) is 12.3 Å². The molecule has 0 bridgehead atoms. The maximum Gasteiger partial charge on any atom is 0.0200 e. The van der Waals surface area contributed by atoms with Crippen molar-refractivity contribution < 1.29 is 0 Å². The van der Waals surface area contributed by atoms with Crippen LogP contribution in [0.15, 0.2) is 0 Å². The zero-order valence-corrected chi connectivity index (χ0v) is 7.70. The lowest BCUT2D eigenvalue weighted by atomic mass is 9.71. The zero-order chi connectivity index (χ0) is 8.41. The van der Waals surface area contributed by atoms with E-state index in [4.69, 9.17) is 5.73 Å². The third-order valence-electron chi connectivity index (χ3n) is 2.61. The van der Waals surface area contributed by atoms with Gasteiger partial charge in [-0.25, -0.2) is 0 Å². The normalized spacial score (nSPS) is 13.8. The average Bonchev–Trinajstić information content (AvgIpc) is 1.84. The molecule has 0 fully saturated rings. The molecule has 0 saturated heterocycles. The number of hydrogen-bond donors (Lipinski definition) is 1. The Morgan fingerprint density at radius 3 is 1.50 bits per heavy atom. The molecule has 0 rings (SSSR count). The molecule has 0 aliphatic rings. The maximum atomic E-state index is 6.11. The van der Waals surface area contributed by atoms with Crippen LogP contribution in [0.2, 0.25) is 0 Å². The van der Waals surface area contributed by atoms with Crippen molar-refractivity contribution in [2.24, 2.45) is 11.1 Å². The van der Waals surface area contributed by atoms with Crippen LogP contribution in [0.5, 0.6) is 0 Å². The summed E-state index contributed by atoms with van der Waals surface area (Å²) >= 11 is 0. The van der Waals surface area contributed by atoms with E-state index in [1.54, 1.807) is 0 Å². The molecule has 61 valence electrons. The van der Waals surface area contributed by atoms with Crippen molar-refractivity contribution in [2.75, 3.05) is 0 Å². The second-order valence-corrected chi connectivity index (χ2v) is 3.75. The first-order chi connectivity index (χ1) is 4.37. The van der Waals surface area contributed by atoms with Crippen molar-refractivity contribution in [1.29, 1.82) is 0 Å². The fraction of sp³-hybridized carbons (Fsp3) is 0.889. The van der Waals surface area contributed by atoms with Crippen molar-refractivity contribution in [3.8, 4) is 0 Å². The Labute approximate surface area is 65.0 Å². The third-order valence-corrected chi connectivity index (χ3v) is 2.61. The van der Waals surface area contributed by atoms with Gasteiger partial charge in [-0.05, 0) is 25.2 Å². The van der Waals surface area contributed by atoms with Gasteiger partial charge in [-0.1, -0.05) is 27.7 Å². The summed E-state index contributed by atoms with van der Waals surface area (Å²) in [5, 5.41) is 0. The Morgan fingerprint density at radius 2 is 1.50 bits per heavy atom. The van der Waals surface area contributed by atoms with Crippen molar-refractivity contribution >= 4 is 0 Å². The second kappa shape index (κ2) is 2.91. The van der Waals surface area contributed by atoms with Crippen LogP contribution in [-0.4, -0.2) is 5.54 Å². The first-order valence-corrected chi connectivity index (χ1v) is 4.01. The highest BCUT2D eigenvalue weighted by atomic mass is 14.8. The van der Waals surface area contributed by atoms with Crippen molar-refractivity contribution in [3.63, 3.8) is 0 Å². The highest BCUT2D eigenvalue weighted by Gasteiger charge is 2.34. The number of nitrogens with two attached hydrogens (primary N) is 1. The van der Waals surface area contributed by atoms with Crippen LogP contribution < -0.4 is 5.73 Å². The molecular formula is C9H20N. The van der Waals surface area contributed by atoms with Crippen LogP contribution in [0.25, 0.3) is 0 Å². The van der Waals surface area contributed by atoms with Gasteiger partial charge < -0.3 is 5.73 Å². The molecule has 0 amide bonds. The van der Waals surface area contributed by atoms with Crippen LogP contribution in [-0.2, 0) is 0 Å². The van der Waals surface area contributed by atoms with Gasteiger partial charge >= 0.3 is 0 Å². The molecule has 0 unspecified atom stereocenters. The second-order valence-electron chi connectivity index (χ2n) is 3.75. The van der Waals surface area contributed by atoms with Gasteiger partial charge in [0.25, 0.3) is 0 Å². The smallest absolute Gasteiger partial charge is 0.0200 e. The fourth-order valence-electron chi connectivity index (χ4n) is 1.21. The van der Waals surface area contributed by atoms with Gasteiger partial charge in [0.15, 0.2) is 0 Å². The Bertz CT molecular complexity index is 95.8. The minimum Gasteiger partial charge on any atom is -0.325 e. The largest absolute Gasteiger partial charge is 0.325 e. The summed E-state index contributed by atoms with van der Waals surface area (Å²) in [6, 6.07) is 0. The lowest BCUT2D eigenvalue weighted by Crippen LogP contribution is -2.50. The minimum atomic E-state index is -0.0903. The monoisotopic (exact) mass is 142 g/mol. The van der Waals surface area contributed by atoms with E-state index in [1.165, 1.54) is 0 Å². The van der Waals surface area contributed by atoms with Gasteiger partial charge in [0.1, 0.15) is 0 Å². The maximum absolute atomic E-state index is 6.11. The summed E-state index contributed by atoms with van der Waals surface area (Å²) < 4.78 is 0. The van der Waals surface area contributed by atoms with Gasteiger partial charge in [-0.3, -0.25) is 0 Å². The Balaban J connectivity index is 4.33. The first kappa shape index (κ1) is 9.96.